The van der Waals surface area contributed by atoms with Crippen molar-refractivity contribution in [3.05, 3.63) is 33.6 Å². The van der Waals surface area contributed by atoms with E-state index in [0.717, 1.165) is 6.21 Å². The maximum Gasteiger partial charge on any atom is 0.267 e. The molecule has 0 atom stereocenters. The highest BCUT2D eigenvalue weighted by Crippen LogP contribution is 2.34. The largest absolute Gasteiger partial charge is 0.356 e. The Balaban J connectivity index is 2.71. The van der Waals surface area contributed by atoms with Crippen LogP contribution in [-0.4, -0.2) is 28.9 Å². The minimum atomic E-state index is -0.274. The molecule has 1 amide bonds. The fourth-order valence-corrected chi connectivity index (χ4v) is 2.66. The molecule has 0 aliphatic rings. The SMILES string of the molecule is CNC(=O)/C=C(\C=N)SSc1cnn(C)c(=O)c1. The number of hydrogen-bond acceptors (Lipinski definition) is 6. The van der Waals surface area contributed by atoms with E-state index in [-0.39, 0.29) is 11.5 Å². The van der Waals surface area contributed by atoms with E-state index in [9.17, 15) is 9.59 Å². The van der Waals surface area contributed by atoms with Crippen LogP contribution in [0.4, 0.5) is 0 Å². The monoisotopic (exact) mass is 284 g/mol. The third-order valence-electron chi connectivity index (χ3n) is 1.84. The van der Waals surface area contributed by atoms with Gasteiger partial charge in [0, 0.05) is 42.3 Å². The lowest BCUT2D eigenvalue weighted by Gasteiger charge is -2.01. The number of amides is 1. The Hall–Kier alpha value is -1.54. The molecule has 1 rings (SSSR count). The third-order valence-corrected chi connectivity index (χ3v) is 4.17. The van der Waals surface area contributed by atoms with E-state index in [1.54, 1.807) is 13.2 Å². The molecule has 0 bridgehead atoms. The third kappa shape index (κ3) is 4.38. The second-order valence-corrected chi connectivity index (χ2v) is 5.40. The Labute approximate surface area is 112 Å². The normalized spacial score (nSPS) is 11.1. The maximum atomic E-state index is 11.3. The van der Waals surface area contributed by atoms with E-state index in [2.05, 4.69) is 10.4 Å². The van der Waals surface area contributed by atoms with E-state index in [1.165, 1.54) is 45.5 Å². The van der Waals surface area contributed by atoms with Gasteiger partial charge in [-0.25, -0.2) is 4.68 Å². The second-order valence-electron chi connectivity index (χ2n) is 3.13. The smallest absolute Gasteiger partial charge is 0.267 e. The molecule has 0 radical (unpaired) electrons. The summed E-state index contributed by atoms with van der Waals surface area (Å²) in [6, 6.07) is 1.45. The average molecular weight is 284 g/mol. The van der Waals surface area contributed by atoms with Crippen molar-refractivity contribution in [3.63, 3.8) is 0 Å². The Morgan fingerprint density at radius 2 is 2.33 bits per heavy atom. The number of hydrogen-bond donors (Lipinski definition) is 2. The van der Waals surface area contributed by atoms with Crippen LogP contribution in [0.1, 0.15) is 0 Å². The number of aromatic nitrogens is 2. The predicted octanol–water partition coefficient (Wildman–Crippen LogP) is 0.800. The number of nitrogens with zero attached hydrogens (tertiary/aromatic N) is 2. The Morgan fingerprint density at radius 1 is 1.61 bits per heavy atom. The minimum absolute atomic E-state index is 0.202. The highest BCUT2D eigenvalue weighted by molar-refractivity contribution is 8.78. The van der Waals surface area contributed by atoms with Crippen molar-refractivity contribution >= 4 is 33.7 Å². The molecule has 0 aromatic carbocycles. The van der Waals surface area contributed by atoms with Crippen LogP contribution in [0.5, 0.6) is 0 Å². The lowest BCUT2D eigenvalue weighted by molar-refractivity contribution is -0.116. The molecule has 0 unspecified atom stereocenters. The Bertz CT molecular complexity index is 539. The van der Waals surface area contributed by atoms with Crippen LogP contribution in [0.3, 0.4) is 0 Å². The van der Waals surface area contributed by atoms with Crippen LogP contribution in [0.15, 0.2) is 32.9 Å². The van der Waals surface area contributed by atoms with E-state index >= 15 is 0 Å². The van der Waals surface area contributed by atoms with Gasteiger partial charge in [0.05, 0.1) is 6.20 Å². The van der Waals surface area contributed by atoms with Crippen LogP contribution >= 0.6 is 21.6 Å². The summed E-state index contributed by atoms with van der Waals surface area (Å²) in [5.74, 6) is -0.274. The average Bonchev–Trinajstić information content (AvgIpc) is 2.38. The molecule has 0 spiro atoms. The molecule has 2 N–H and O–H groups in total. The van der Waals surface area contributed by atoms with Gasteiger partial charge >= 0.3 is 0 Å². The minimum Gasteiger partial charge on any atom is -0.356 e. The van der Waals surface area contributed by atoms with E-state index < -0.39 is 0 Å². The zero-order valence-corrected chi connectivity index (χ0v) is 11.5. The lowest BCUT2D eigenvalue weighted by Crippen LogP contribution is -2.17. The summed E-state index contributed by atoms with van der Waals surface area (Å²) in [4.78, 5) is 23.6. The number of likely N-dealkylation sites (N-methyl/N-ethyl adjacent to an activating group) is 1. The second kappa shape index (κ2) is 7.02. The Morgan fingerprint density at radius 3 is 2.89 bits per heavy atom. The van der Waals surface area contributed by atoms with Gasteiger partial charge in [0.1, 0.15) is 0 Å². The first-order valence-electron chi connectivity index (χ1n) is 4.88. The van der Waals surface area contributed by atoms with Gasteiger partial charge in [0.15, 0.2) is 0 Å². The zero-order chi connectivity index (χ0) is 13.5. The summed E-state index contributed by atoms with van der Waals surface area (Å²) in [6.45, 7) is 0. The first-order chi connectivity index (χ1) is 8.56. The molecule has 0 aliphatic heterocycles. The topological polar surface area (TPSA) is 87.8 Å². The van der Waals surface area contributed by atoms with Crippen LogP contribution < -0.4 is 10.9 Å². The molecule has 6 nitrogen and oxygen atoms in total. The molecule has 0 saturated heterocycles. The molecular weight excluding hydrogens is 272 g/mol. The van der Waals surface area contributed by atoms with E-state index in [4.69, 9.17) is 5.41 Å². The van der Waals surface area contributed by atoms with Crippen LogP contribution in [-0.2, 0) is 11.8 Å². The van der Waals surface area contributed by atoms with Gasteiger partial charge in [0.25, 0.3) is 5.56 Å². The van der Waals surface area contributed by atoms with E-state index in [1.807, 2.05) is 0 Å². The highest BCUT2D eigenvalue weighted by atomic mass is 33.1. The summed E-state index contributed by atoms with van der Waals surface area (Å²) in [7, 11) is 5.57. The summed E-state index contributed by atoms with van der Waals surface area (Å²) in [6.07, 6.45) is 3.96. The summed E-state index contributed by atoms with van der Waals surface area (Å²) >= 11 is 0. The number of rotatable bonds is 5. The molecule has 8 heteroatoms. The van der Waals surface area contributed by atoms with Crippen LogP contribution in [0, 0.1) is 5.41 Å². The van der Waals surface area contributed by atoms with Crippen molar-refractivity contribution < 1.29 is 4.79 Å². The van der Waals surface area contributed by atoms with Crippen molar-refractivity contribution in [2.45, 2.75) is 4.90 Å². The van der Waals surface area contributed by atoms with Gasteiger partial charge in [-0.1, -0.05) is 21.6 Å². The van der Waals surface area contributed by atoms with Gasteiger partial charge in [-0.15, -0.1) is 0 Å². The summed E-state index contributed by atoms with van der Waals surface area (Å²) in [5, 5.41) is 13.5. The number of allylic oxidation sites excluding steroid dienone is 1. The number of carbonyl (C=O) groups is 1. The maximum absolute atomic E-state index is 11.3. The molecule has 96 valence electrons. The quantitative estimate of drug-likeness (QED) is 0.474. The number of nitrogens with one attached hydrogen (secondary N) is 2. The number of carbonyl (C=O) groups excluding carboxylic acids is 1. The molecule has 1 heterocycles. The van der Waals surface area contributed by atoms with Gasteiger partial charge in [0.2, 0.25) is 5.91 Å². The molecule has 0 saturated carbocycles. The van der Waals surface area contributed by atoms with Crippen LogP contribution in [0.25, 0.3) is 0 Å². The van der Waals surface area contributed by atoms with Crippen LogP contribution in [0.2, 0.25) is 0 Å². The molecule has 1 aromatic rings. The fourth-order valence-electron chi connectivity index (χ4n) is 0.886. The van der Waals surface area contributed by atoms with E-state index in [0.29, 0.717) is 9.80 Å². The predicted molar refractivity (Wildman–Crippen MR) is 73.9 cm³/mol. The van der Waals surface area contributed by atoms with Crippen molar-refractivity contribution in [1.82, 2.24) is 15.1 Å². The lowest BCUT2D eigenvalue weighted by atomic mass is 10.5. The summed E-state index contributed by atoms with van der Waals surface area (Å²) < 4.78 is 1.23. The molecule has 0 aliphatic carbocycles. The summed E-state index contributed by atoms with van der Waals surface area (Å²) in [5.41, 5.74) is -0.202. The van der Waals surface area contributed by atoms with Gasteiger partial charge in [-0.2, -0.15) is 5.10 Å². The highest BCUT2D eigenvalue weighted by Gasteiger charge is 2.03. The zero-order valence-electron chi connectivity index (χ0n) is 9.84. The van der Waals surface area contributed by atoms with Crippen molar-refractivity contribution in [3.8, 4) is 0 Å². The van der Waals surface area contributed by atoms with Crippen molar-refractivity contribution in [2.24, 2.45) is 7.05 Å². The van der Waals surface area contributed by atoms with Gasteiger partial charge in [-0.3, -0.25) is 9.59 Å². The molecule has 18 heavy (non-hydrogen) atoms. The van der Waals surface area contributed by atoms with Crippen molar-refractivity contribution in [1.29, 1.82) is 5.41 Å². The standard InChI is InChI=1S/C10H12N4O2S2/c1-12-9(15)3-7(5-11)17-18-8-4-10(16)14(2)13-6-8/h3-6,11H,1-2H3,(H,12,15)/b7-3+,11-5?. The van der Waals surface area contributed by atoms with Crippen molar-refractivity contribution in [2.75, 3.05) is 7.05 Å². The van der Waals surface area contributed by atoms with Gasteiger partial charge in [-0.05, 0) is 0 Å². The number of aryl methyl sites for hydroxylation is 1. The Kier molecular flexibility index (Phi) is 5.66. The molecule has 0 fully saturated rings. The molecule has 1 aromatic heterocycles. The van der Waals surface area contributed by atoms with Gasteiger partial charge < -0.3 is 10.7 Å². The first-order valence-corrected chi connectivity index (χ1v) is 7.03. The fraction of sp³-hybridized carbons (Fsp3) is 0.200. The molecular formula is C10H12N4O2S2. The first kappa shape index (κ1) is 14.5.